The van der Waals surface area contributed by atoms with E-state index in [9.17, 15) is 4.79 Å². The molecule has 1 aliphatic rings. The number of carbonyl (C=O) groups excluding carboxylic acids is 1. The number of rotatable bonds is 3. The first-order valence-electron chi connectivity index (χ1n) is 5.26. The molecule has 0 aliphatic carbocycles. The lowest BCUT2D eigenvalue weighted by molar-refractivity contribution is 0.0206. The molecule has 1 aromatic rings. The lowest BCUT2D eigenvalue weighted by Gasteiger charge is -2.23. The van der Waals surface area contributed by atoms with E-state index in [2.05, 4.69) is 21.2 Å². The molecule has 16 heavy (non-hydrogen) atoms. The number of amides is 1. The quantitative estimate of drug-likeness (QED) is 0.932. The number of thiophene rings is 1. The molecule has 1 fully saturated rings. The summed E-state index contributed by atoms with van der Waals surface area (Å²) in [5.41, 5.74) is -0.181. The number of halogens is 1. The third kappa shape index (κ3) is 2.64. The van der Waals surface area contributed by atoms with Gasteiger partial charge in [0, 0.05) is 17.6 Å². The molecule has 1 saturated heterocycles. The molecule has 0 radical (unpaired) electrons. The third-order valence-corrected chi connectivity index (χ3v) is 4.58. The van der Waals surface area contributed by atoms with Crippen molar-refractivity contribution in [3.63, 3.8) is 0 Å². The van der Waals surface area contributed by atoms with Gasteiger partial charge < -0.3 is 10.1 Å². The van der Waals surface area contributed by atoms with Crippen LogP contribution in [0.3, 0.4) is 0 Å². The van der Waals surface area contributed by atoms with E-state index >= 15 is 0 Å². The van der Waals surface area contributed by atoms with E-state index in [1.807, 2.05) is 18.4 Å². The Morgan fingerprint density at radius 1 is 1.75 bits per heavy atom. The summed E-state index contributed by atoms with van der Waals surface area (Å²) in [5.74, 6) is -0.0291. The highest BCUT2D eigenvalue weighted by atomic mass is 79.9. The predicted molar refractivity (Wildman–Crippen MR) is 67.9 cm³/mol. The van der Waals surface area contributed by atoms with Crippen LogP contribution in [0.2, 0.25) is 0 Å². The Kier molecular flexibility index (Phi) is 3.66. The van der Waals surface area contributed by atoms with Crippen molar-refractivity contribution >= 4 is 33.2 Å². The van der Waals surface area contributed by atoms with Gasteiger partial charge in [-0.25, -0.2) is 0 Å². The van der Waals surface area contributed by atoms with Crippen LogP contribution in [0.15, 0.2) is 15.9 Å². The van der Waals surface area contributed by atoms with E-state index in [-0.39, 0.29) is 11.5 Å². The van der Waals surface area contributed by atoms with Gasteiger partial charge in [0.05, 0.1) is 5.60 Å². The monoisotopic (exact) mass is 303 g/mol. The summed E-state index contributed by atoms with van der Waals surface area (Å²) in [7, 11) is 0. The standard InChI is InChI=1S/C11H14BrNO2S/c1-11(4-2-5-15-11)7-13-10(14)9-8(12)3-6-16-9/h3,6H,2,4-5,7H2,1H3,(H,13,14). The zero-order chi connectivity index (χ0) is 11.6. The van der Waals surface area contributed by atoms with E-state index in [1.54, 1.807) is 0 Å². The normalized spacial score (nSPS) is 24.6. The van der Waals surface area contributed by atoms with Gasteiger partial charge in [-0.2, -0.15) is 0 Å². The van der Waals surface area contributed by atoms with Crippen molar-refractivity contribution in [2.75, 3.05) is 13.2 Å². The molecule has 1 atom stereocenters. The molecule has 1 aromatic heterocycles. The van der Waals surface area contributed by atoms with Gasteiger partial charge in [-0.1, -0.05) is 0 Å². The van der Waals surface area contributed by atoms with Gasteiger partial charge in [0.25, 0.3) is 5.91 Å². The van der Waals surface area contributed by atoms with Crippen LogP contribution in [-0.2, 0) is 4.74 Å². The van der Waals surface area contributed by atoms with Crippen molar-refractivity contribution in [1.29, 1.82) is 0 Å². The van der Waals surface area contributed by atoms with Crippen LogP contribution < -0.4 is 5.32 Å². The fourth-order valence-corrected chi connectivity index (χ4v) is 3.25. The summed E-state index contributed by atoms with van der Waals surface area (Å²) in [4.78, 5) is 12.6. The predicted octanol–water partition coefficient (Wildman–Crippen LogP) is 2.81. The van der Waals surface area contributed by atoms with E-state index in [4.69, 9.17) is 4.74 Å². The summed E-state index contributed by atoms with van der Waals surface area (Å²) in [5, 5.41) is 4.82. The average Bonchev–Trinajstić information content (AvgIpc) is 2.85. The molecule has 88 valence electrons. The Morgan fingerprint density at radius 3 is 3.12 bits per heavy atom. The summed E-state index contributed by atoms with van der Waals surface area (Å²) >= 11 is 4.79. The molecule has 1 unspecified atom stereocenters. The summed E-state index contributed by atoms with van der Waals surface area (Å²) < 4.78 is 6.47. The van der Waals surface area contributed by atoms with Gasteiger partial charge in [-0.3, -0.25) is 4.79 Å². The van der Waals surface area contributed by atoms with Gasteiger partial charge in [-0.05, 0) is 47.1 Å². The SMILES string of the molecule is CC1(CNC(=O)c2sccc2Br)CCCO1. The van der Waals surface area contributed by atoms with Gasteiger partial charge in [0.2, 0.25) is 0 Å². The number of nitrogens with one attached hydrogen (secondary N) is 1. The first-order chi connectivity index (χ1) is 7.61. The molecule has 1 aliphatic heterocycles. The molecule has 0 bridgehead atoms. The zero-order valence-electron chi connectivity index (χ0n) is 9.09. The first-order valence-corrected chi connectivity index (χ1v) is 6.93. The highest BCUT2D eigenvalue weighted by molar-refractivity contribution is 9.10. The minimum absolute atomic E-state index is 0.0291. The largest absolute Gasteiger partial charge is 0.373 e. The molecule has 2 rings (SSSR count). The maximum absolute atomic E-state index is 11.8. The van der Waals surface area contributed by atoms with Crippen LogP contribution in [0.1, 0.15) is 29.4 Å². The number of carbonyl (C=O) groups is 1. The van der Waals surface area contributed by atoms with Crippen molar-refractivity contribution in [3.8, 4) is 0 Å². The summed E-state index contributed by atoms with van der Waals surface area (Å²) in [6.45, 7) is 3.43. The second-order valence-electron chi connectivity index (χ2n) is 4.18. The highest BCUT2D eigenvalue weighted by Crippen LogP contribution is 2.25. The van der Waals surface area contributed by atoms with Crippen molar-refractivity contribution in [2.45, 2.75) is 25.4 Å². The zero-order valence-corrected chi connectivity index (χ0v) is 11.5. The minimum Gasteiger partial charge on any atom is -0.373 e. The summed E-state index contributed by atoms with van der Waals surface area (Å²) in [6.07, 6.45) is 2.09. The van der Waals surface area contributed by atoms with Crippen LogP contribution in [0.4, 0.5) is 0 Å². The van der Waals surface area contributed by atoms with Crippen LogP contribution in [0.25, 0.3) is 0 Å². The van der Waals surface area contributed by atoms with E-state index < -0.39 is 0 Å². The fourth-order valence-electron chi connectivity index (χ4n) is 1.78. The number of hydrogen-bond donors (Lipinski definition) is 1. The molecule has 0 aromatic carbocycles. The molecule has 5 heteroatoms. The molecule has 1 N–H and O–H groups in total. The highest BCUT2D eigenvalue weighted by Gasteiger charge is 2.30. The number of ether oxygens (including phenoxy) is 1. The van der Waals surface area contributed by atoms with Crippen molar-refractivity contribution < 1.29 is 9.53 Å². The molecule has 0 saturated carbocycles. The van der Waals surface area contributed by atoms with Crippen molar-refractivity contribution in [3.05, 3.63) is 20.8 Å². The average molecular weight is 304 g/mol. The van der Waals surface area contributed by atoms with Gasteiger partial charge in [-0.15, -0.1) is 11.3 Å². The first kappa shape index (κ1) is 12.1. The Hall–Kier alpha value is -0.390. The maximum atomic E-state index is 11.8. The van der Waals surface area contributed by atoms with E-state index in [0.717, 1.165) is 28.8 Å². The Balaban J connectivity index is 1.91. The Morgan fingerprint density at radius 2 is 2.56 bits per heavy atom. The molecule has 2 heterocycles. The Labute approximate surface area is 107 Å². The molecular formula is C11H14BrNO2S. The third-order valence-electron chi connectivity index (χ3n) is 2.75. The van der Waals surface area contributed by atoms with Crippen molar-refractivity contribution in [1.82, 2.24) is 5.32 Å². The molecule has 0 spiro atoms. The number of hydrogen-bond acceptors (Lipinski definition) is 3. The van der Waals surface area contributed by atoms with Gasteiger partial charge >= 0.3 is 0 Å². The van der Waals surface area contributed by atoms with Crippen LogP contribution in [-0.4, -0.2) is 24.7 Å². The van der Waals surface area contributed by atoms with Crippen molar-refractivity contribution in [2.24, 2.45) is 0 Å². The van der Waals surface area contributed by atoms with Gasteiger partial charge in [0.15, 0.2) is 0 Å². The maximum Gasteiger partial charge on any atom is 0.262 e. The van der Waals surface area contributed by atoms with Crippen LogP contribution >= 0.6 is 27.3 Å². The lowest BCUT2D eigenvalue weighted by atomic mass is 10.0. The Bertz CT molecular complexity index is 385. The molecule has 1 amide bonds. The lowest BCUT2D eigenvalue weighted by Crippen LogP contribution is -2.39. The molecule has 3 nitrogen and oxygen atoms in total. The van der Waals surface area contributed by atoms with E-state index in [1.165, 1.54) is 11.3 Å². The van der Waals surface area contributed by atoms with E-state index in [0.29, 0.717) is 6.54 Å². The van der Waals surface area contributed by atoms with Gasteiger partial charge in [0.1, 0.15) is 4.88 Å². The smallest absolute Gasteiger partial charge is 0.262 e. The van der Waals surface area contributed by atoms with Crippen LogP contribution in [0.5, 0.6) is 0 Å². The second-order valence-corrected chi connectivity index (χ2v) is 5.95. The minimum atomic E-state index is -0.181. The topological polar surface area (TPSA) is 38.3 Å². The fraction of sp³-hybridized carbons (Fsp3) is 0.545. The van der Waals surface area contributed by atoms with Crippen LogP contribution in [0, 0.1) is 0 Å². The summed E-state index contributed by atoms with van der Waals surface area (Å²) in [6, 6.07) is 1.88. The second kappa shape index (κ2) is 4.85. The molecular weight excluding hydrogens is 290 g/mol.